The topological polar surface area (TPSA) is 53.4 Å². The summed E-state index contributed by atoms with van der Waals surface area (Å²) in [5, 5.41) is 7.15. The van der Waals surface area contributed by atoms with Crippen LogP contribution in [0, 0.1) is 11.7 Å². The molecule has 6 nitrogen and oxygen atoms in total. The fourth-order valence-corrected chi connectivity index (χ4v) is 5.57. The molecule has 2 aromatic rings. The molecular formula is C21H26FN5O. The van der Waals surface area contributed by atoms with Crippen molar-refractivity contribution >= 4 is 11.7 Å². The molecule has 6 rings (SSSR count). The highest BCUT2D eigenvalue weighted by atomic mass is 19.1. The zero-order valence-corrected chi connectivity index (χ0v) is 16.1. The summed E-state index contributed by atoms with van der Waals surface area (Å²) in [5.74, 6) is 1.33. The van der Waals surface area contributed by atoms with Gasteiger partial charge in [-0.1, -0.05) is 12.1 Å². The molecule has 4 fully saturated rings. The Hall–Kier alpha value is -2.25. The Kier molecular flexibility index (Phi) is 4.44. The van der Waals surface area contributed by atoms with E-state index < -0.39 is 0 Å². The van der Waals surface area contributed by atoms with E-state index in [0.29, 0.717) is 36.3 Å². The number of amides is 1. The summed E-state index contributed by atoms with van der Waals surface area (Å²) in [6.07, 6.45) is 4.23. The number of hydrogen-bond acceptors (Lipinski definition) is 4. The van der Waals surface area contributed by atoms with E-state index in [4.69, 9.17) is 0 Å². The number of rotatable bonds is 4. The van der Waals surface area contributed by atoms with Crippen molar-refractivity contribution in [2.45, 2.75) is 30.8 Å². The first-order valence-electron chi connectivity index (χ1n) is 10.1. The molecule has 7 heteroatoms. The van der Waals surface area contributed by atoms with Gasteiger partial charge in [0.25, 0.3) is 0 Å². The average molecular weight is 383 g/mol. The van der Waals surface area contributed by atoms with Crippen molar-refractivity contribution in [2.75, 3.05) is 31.5 Å². The summed E-state index contributed by atoms with van der Waals surface area (Å²) in [7, 11) is 1.83. The molecule has 28 heavy (non-hydrogen) atoms. The van der Waals surface area contributed by atoms with Gasteiger partial charge >= 0.3 is 0 Å². The van der Waals surface area contributed by atoms with Crippen LogP contribution in [0.25, 0.3) is 0 Å². The second-order valence-corrected chi connectivity index (χ2v) is 8.36. The maximum Gasteiger partial charge on any atom is 0.239 e. The Morgan fingerprint density at radius 2 is 1.93 bits per heavy atom. The van der Waals surface area contributed by atoms with Gasteiger partial charge in [0.05, 0.1) is 6.54 Å². The van der Waals surface area contributed by atoms with Gasteiger partial charge in [-0.2, -0.15) is 5.10 Å². The molecule has 1 N–H and O–H groups in total. The Morgan fingerprint density at radius 1 is 1.18 bits per heavy atom. The lowest BCUT2D eigenvalue weighted by Gasteiger charge is -2.51. The lowest BCUT2D eigenvalue weighted by atomic mass is 9.75. The summed E-state index contributed by atoms with van der Waals surface area (Å²) in [4.78, 5) is 17.6. The minimum atomic E-state index is -0.199. The number of halogens is 1. The second kappa shape index (κ2) is 6.97. The number of likely N-dealkylation sites (tertiary alicyclic amines) is 1. The predicted octanol–water partition coefficient (Wildman–Crippen LogP) is 2.06. The number of aromatic nitrogens is 2. The van der Waals surface area contributed by atoms with Crippen molar-refractivity contribution in [1.29, 1.82) is 0 Å². The maximum absolute atomic E-state index is 13.4. The standard InChI is InChI=1S/C21H26FN5O/c1-25-9-8-18(24-25)23-19(28)13-27-12-17(14-2-4-16(22)5-3-14)21-20(27)15-6-10-26(21)11-7-15/h2-5,8-9,15,17,20-21H,6-7,10-13H2,1H3,(H,23,24,28). The zero-order valence-electron chi connectivity index (χ0n) is 16.1. The summed E-state index contributed by atoms with van der Waals surface area (Å²) in [6.45, 7) is 3.48. The zero-order chi connectivity index (χ0) is 19.3. The van der Waals surface area contributed by atoms with Crippen molar-refractivity contribution in [3.8, 4) is 0 Å². The Labute approximate surface area is 164 Å². The fourth-order valence-electron chi connectivity index (χ4n) is 5.57. The van der Waals surface area contributed by atoms with Gasteiger partial charge in [0.15, 0.2) is 5.82 Å². The largest absolute Gasteiger partial charge is 0.308 e. The Balaban J connectivity index is 1.37. The van der Waals surface area contributed by atoms with Crippen molar-refractivity contribution in [3.05, 3.63) is 47.9 Å². The minimum Gasteiger partial charge on any atom is -0.308 e. The lowest BCUT2D eigenvalue weighted by Crippen LogP contribution is -2.60. The van der Waals surface area contributed by atoms with Crippen LogP contribution in [0.15, 0.2) is 36.5 Å². The third kappa shape index (κ3) is 3.12. The molecule has 1 aromatic heterocycles. The number of carbonyl (C=O) groups excluding carboxylic acids is 1. The average Bonchev–Trinajstić information content (AvgIpc) is 3.28. The number of piperidine rings is 3. The highest BCUT2D eigenvalue weighted by Gasteiger charge is 2.53. The number of aryl methyl sites for hydroxylation is 1. The summed E-state index contributed by atoms with van der Waals surface area (Å²) < 4.78 is 15.1. The highest BCUT2D eigenvalue weighted by Crippen LogP contribution is 2.46. The molecule has 148 valence electrons. The van der Waals surface area contributed by atoms with Gasteiger partial charge < -0.3 is 5.32 Å². The van der Waals surface area contributed by atoms with Gasteiger partial charge in [-0.15, -0.1) is 0 Å². The van der Waals surface area contributed by atoms with Gasteiger partial charge in [-0.05, 0) is 49.5 Å². The monoisotopic (exact) mass is 383 g/mol. The normalized spacial score (nSPS) is 31.7. The highest BCUT2D eigenvalue weighted by molar-refractivity contribution is 5.91. The van der Waals surface area contributed by atoms with Gasteiger partial charge in [-0.25, -0.2) is 4.39 Å². The van der Waals surface area contributed by atoms with Crippen LogP contribution in [0.1, 0.15) is 24.3 Å². The quantitative estimate of drug-likeness (QED) is 0.878. The lowest BCUT2D eigenvalue weighted by molar-refractivity contribution is -0.118. The fraction of sp³-hybridized carbons (Fsp3) is 0.524. The van der Waals surface area contributed by atoms with Crippen molar-refractivity contribution < 1.29 is 9.18 Å². The summed E-state index contributed by atoms with van der Waals surface area (Å²) in [6, 6.07) is 9.55. The van der Waals surface area contributed by atoms with Crippen LogP contribution in [0.3, 0.4) is 0 Å². The van der Waals surface area contributed by atoms with Gasteiger partial charge in [0.1, 0.15) is 5.82 Å². The van der Waals surface area contributed by atoms with Crippen LogP contribution < -0.4 is 5.32 Å². The Morgan fingerprint density at radius 3 is 2.61 bits per heavy atom. The Bertz CT molecular complexity index is 858. The smallest absolute Gasteiger partial charge is 0.239 e. The second-order valence-electron chi connectivity index (χ2n) is 8.36. The van der Waals surface area contributed by atoms with Crippen molar-refractivity contribution in [1.82, 2.24) is 19.6 Å². The first kappa shape index (κ1) is 17.8. The summed E-state index contributed by atoms with van der Waals surface area (Å²) >= 11 is 0. The van der Waals surface area contributed by atoms with E-state index >= 15 is 0 Å². The van der Waals surface area contributed by atoms with Gasteiger partial charge in [0.2, 0.25) is 5.91 Å². The van der Waals surface area contributed by atoms with Crippen LogP contribution in [0.2, 0.25) is 0 Å². The first-order chi connectivity index (χ1) is 13.6. The molecule has 3 unspecified atom stereocenters. The number of anilines is 1. The van der Waals surface area contributed by atoms with Crippen LogP contribution in [-0.2, 0) is 11.8 Å². The molecule has 1 aromatic carbocycles. The molecule has 1 amide bonds. The SMILES string of the molecule is Cn1ccc(NC(=O)CN2CC(c3ccc(F)cc3)C3C2C2CCN3CC2)n1. The van der Waals surface area contributed by atoms with E-state index in [2.05, 4.69) is 20.2 Å². The first-order valence-corrected chi connectivity index (χ1v) is 10.1. The number of fused-ring (bicyclic) bond motifs is 2. The van der Waals surface area contributed by atoms with Crippen LogP contribution in [0.4, 0.5) is 10.2 Å². The van der Waals surface area contributed by atoms with Crippen LogP contribution in [0.5, 0.6) is 0 Å². The molecule has 3 atom stereocenters. The predicted molar refractivity (Wildman–Crippen MR) is 104 cm³/mol. The third-order valence-corrected chi connectivity index (χ3v) is 6.72. The maximum atomic E-state index is 13.4. The number of carbonyl (C=O) groups is 1. The molecule has 5 heterocycles. The molecule has 4 aliphatic rings. The van der Waals surface area contributed by atoms with E-state index in [0.717, 1.165) is 19.6 Å². The molecular weight excluding hydrogens is 357 g/mol. The molecule has 0 spiro atoms. The van der Waals surface area contributed by atoms with Crippen molar-refractivity contribution in [2.24, 2.45) is 13.0 Å². The van der Waals surface area contributed by atoms with Crippen molar-refractivity contribution in [3.63, 3.8) is 0 Å². The van der Waals surface area contributed by atoms with Crippen LogP contribution >= 0.6 is 0 Å². The molecule has 0 saturated carbocycles. The van der Waals surface area contributed by atoms with E-state index in [9.17, 15) is 9.18 Å². The van der Waals surface area contributed by atoms with Gasteiger partial charge in [-0.3, -0.25) is 19.3 Å². The molecule has 0 radical (unpaired) electrons. The van der Waals surface area contributed by atoms with E-state index in [1.54, 1.807) is 22.9 Å². The van der Waals surface area contributed by atoms with E-state index in [-0.39, 0.29) is 11.7 Å². The third-order valence-electron chi connectivity index (χ3n) is 6.72. The van der Waals surface area contributed by atoms with E-state index in [1.807, 2.05) is 25.4 Å². The van der Waals surface area contributed by atoms with Gasteiger partial charge in [0, 0.05) is 43.9 Å². The number of nitrogens with zero attached hydrogens (tertiary/aromatic N) is 4. The molecule has 0 aliphatic carbocycles. The molecule has 2 bridgehead atoms. The minimum absolute atomic E-state index is 0.0198. The number of nitrogens with one attached hydrogen (secondary N) is 1. The van der Waals surface area contributed by atoms with Crippen LogP contribution in [-0.4, -0.2) is 63.8 Å². The number of hydrogen-bond donors (Lipinski definition) is 1. The molecule has 4 aliphatic heterocycles. The van der Waals surface area contributed by atoms with E-state index in [1.165, 1.54) is 18.4 Å². The molecule has 4 saturated heterocycles. The summed E-state index contributed by atoms with van der Waals surface area (Å²) in [5.41, 5.74) is 1.18. The number of benzene rings is 1.